The molecule has 0 aromatic carbocycles. The van der Waals surface area contributed by atoms with Gasteiger partial charge in [0.1, 0.15) is 0 Å². The minimum atomic E-state index is -1.17. The molecule has 1 N–H and O–H groups in total. The van der Waals surface area contributed by atoms with Crippen LogP contribution in [0, 0.1) is 13.8 Å². The van der Waals surface area contributed by atoms with Crippen LogP contribution in [0.1, 0.15) is 18.3 Å². The first-order chi connectivity index (χ1) is 6.49. The second-order valence-corrected chi connectivity index (χ2v) is 3.16. The minimum Gasteiger partial charge on any atom is -0.548 e. The molecular formula is C9H12N3O2-. The molecule has 0 saturated carbocycles. The van der Waals surface area contributed by atoms with Crippen molar-refractivity contribution in [3.05, 3.63) is 17.5 Å². The predicted octanol–water partition coefficient (Wildman–Crippen LogP) is -0.356. The van der Waals surface area contributed by atoms with Gasteiger partial charge in [0.15, 0.2) is 0 Å². The average Bonchev–Trinajstić information content (AvgIpc) is 2.01. The summed E-state index contributed by atoms with van der Waals surface area (Å²) in [4.78, 5) is 18.5. The van der Waals surface area contributed by atoms with Crippen molar-refractivity contribution >= 4 is 11.9 Å². The largest absolute Gasteiger partial charge is 0.548 e. The number of hydrogen-bond donors (Lipinski definition) is 1. The molecule has 14 heavy (non-hydrogen) atoms. The minimum absolute atomic E-state index is 0.319. The quantitative estimate of drug-likeness (QED) is 0.711. The third-order valence-electron chi connectivity index (χ3n) is 1.68. The number of aliphatic carboxylic acids is 1. The van der Waals surface area contributed by atoms with Crippen molar-refractivity contribution in [3.8, 4) is 0 Å². The molecule has 1 atom stereocenters. The Morgan fingerprint density at radius 1 is 1.43 bits per heavy atom. The summed E-state index contributed by atoms with van der Waals surface area (Å²) >= 11 is 0. The van der Waals surface area contributed by atoms with Gasteiger partial charge in [-0.1, -0.05) is 0 Å². The van der Waals surface area contributed by atoms with E-state index in [1.807, 2.05) is 19.9 Å². The molecule has 0 radical (unpaired) electrons. The van der Waals surface area contributed by atoms with Crippen molar-refractivity contribution in [3.63, 3.8) is 0 Å². The fourth-order valence-corrected chi connectivity index (χ4v) is 1.04. The Balaban J connectivity index is 2.81. The standard InChI is InChI=1S/C9H13N3O2/c1-5-4-6(2)11-9(10-5)12-7(3)8(13)14/h4,7H,1-3H3,(H,13,14)(H,10,11,12)/p-1/t7-/m1/s1. The zero-order chi connectivity index (χ0) is 10.7. The number of carbonyl (C=O) groups excluding carboxylic acids is 1. The van der Waals surface area contributed by atoms with E-state index < -0.39 is 12.0 Å². The lowest BCUT2D eigenvalue weighted by atomic mass is 10.3. The molecule has 1 heterocycles. The van der Waals surface area contributed by atoms with Gasteiger partial charge in [-0.3, -0.25) is 0 Å². The Hall–Kier alpha value is -1.65. The maximum absolute atomic E-state index is 10.4. The molecule has 0 fully saturated rings. The number of carbonyl (C=O) groups is 1. The van der Waals surface area contributed by atoms with Gasteiger partial charge in [0.05, 0.1) is 12.0 Å². The number of carboxylic acids is 1. The van der Waals surface area contributed by atoms with Crippen molar-refractivity contribution in [2.75, 3.05) is 5.32 Å². The summed E-state index contributed by atoms with van der Waals surface area (Å²) in [5.41, 5.74) is 1.59. The lowest BCUT2D eigenvalue weighted by Gasteiger charge is -2.14. The number of aromatic nitrogens is 2. The van der Waals surface area contributed by atoms with Crippen LogP contribution in [-0.2, 0) is 4.79 Å². The number of anilines is 1. The zero-order valence-corrected chi connectivity index (χ0v) is 8.37. The van der Waals surface area contributed by atoms with Crippen LogP contribution in [0.25, 0.3) is 0 Å². The molecule has 0 saturated heterocycles. The summed E-state index contributed by atoms with van der Waals surface area (Å²) < 4.78 is 0. The first-order valence-electron chi connectivity index (χ1n) is 4.28. The first kappa shape index (κ1) is 10.4. The molecule has 0 aliphatic rings. The lowest BCUT2D eigenvalue weighted by Crippen LogP contribution is -2.39. The Bertz CT molecular complexity index is 332. The summed E-state index contributed by atoms with van der Waals surface area (Å²) in [5, 5.41) is 13.1. The summed E-state index contributed by atoms with van der Waals surface area (Å²) in [6.45, 7) is 5.13. The van der Waals surface area contributed by atoms with E-state index in [0.717, 1.165) is 11.4 Å². The molecule has 0 amide bonds. The second-order valence-electron chi connectivity index (χ2n) is 3.16. The van der Waals surface area contributed by atoms with Gasteiger partial charge in [0.2, 0.25) is 5.95 Å². The topological polar surface area (TPSA) is 77.9 Å². The SMILES string of the molecule is Cc1cc(C)nc(N[C@H](C)C(=O)[O-])n1. The first-order valence-corrected chi connectivity index (χ1v) is 4.28. The fraction of sp³-hybridized carbons (Fsp3) is 0.444. The van der Waals surface area contributed by atoms with Crippen molar-refractivity contribution < 1.29 is 9.90 Å². The highest BCUT2D eigenvalue weighted by molar-refractivity contribution is 5.73. The Labute approximate surface area is 82.2 Å². The van der Waals surface area contributed by atoms with Crippen LogP contribution in [0.4, 0.5) is 5.95 Å². The van der Waals surface area contributed by atoms with Crippen LogP contribution < -0.4 is 10.4 Å². The van der Waals surface area contributed by atoms with E-state index in [-0.39, 0.29) is 0 Å². The van der Waals surface area contributed by atoms with Gasteiger partial charge >= 0.3 is 0 Å². The molecule has 1 aromatic rings. The molecule has 5 heteroatoms. The summed E-state index contributed by atoms with van der Waals surface area (Å²) in [7, 11) is 0. The van der Waals surface area contributed by atoms with Crippen LogP contribution in [0.3, 0.4) is 0 Å². The monoisotopic (exact) mass is 194 g/mol. The number of rotatable bonds is 3. The predicted molar refractivity (Wildman–Crippen MR) is 49.6 cm³/mol. The Morgan fingerprint density at radius 2 is 1.93 bits per heavy atom. The van der Waals surface area contributed by atoms with E-state index in [4.69, 9.17) is 0 Å². The molecule has 5 nitrogen and oxygen atoms in total. The van der Waals surface area contributed by atoms with E-state index in [2.05, 4.69) is 15.3 Å². The number of nitrogens with one attached hydrogen (secondary N) is 1. The zero-order valence-electron chi connectivity index (χ0n) is 8.37. The van der Waals surface area contributed by atoms with Gasteiger partial charge in [-0.25, -0.2) is 9.97 Å². The van der Waals surface area contributed by atoms with Crippen molar-refractivity contribution in [1.29, 1.82) is 0 Å². The Kier molecular flexibility index (Phi) is 3.01. The molecule has 1 rings (SSSR count). The van der Waals surface area contributed by atoms with Crippen LogP contribution >= 0.6 is 0 Å². The number of aryl methyl sites for hydroxylation is 2. The van der Waals surface area contributed by atoms with Gasteiger partial charge in [0, 0.05) is 11.4 Å². The normalized spacial score (nSPS) is 12.2. The summed E-state index contributed by atoms with van der Waals surface area (Å²) in [6.07, 6.45) is 0. The van der Waals surface area contributed by atoms with E-state index in [0.29, 0.717) is 5.95 Å². The van der Waals surface area contributed by atoms with Crippen molar-refractivity contribution in [2.45, 2.75) is 26.8 Å². The third-order valence-corrected chi connectivity index (χ3v) is 1.68. The molecule has 1 aromatic heterocycles. The van der Waals surface area contributed by atoms with E-state index >= 15 is 0 Å². The van der Waals surface area contributed by atoms with Crippen LogP contribution in [-0.4, -0.2) is 22.0 Å². The highest BCUT2D eigenvalue weighted by atomic mass is 16.4. The highest BCUT2D eigenvalue weighted by Gasteiger charge is 2.05. The maximum Gasteiger partial charge on any atom is 0.223 e. The van der Waals surface area contributed by atoms with Crippen molar-refractivity contribution in [2.24, 2.45) is 0 Å². The van der Waals surface area contributed by atoms with Gasteiger partial charge in [-0.15, -0.1) is 0 Å². The molecule has 0 bridgehead atoms. The van der Waals surface area contributed by atoms with Gasteiger partial charge in [-0.05, 0) is 26.8 Å². The second kappa shape index (κ2) is 4.04. The molecule has 0 aliphatic heterocycles. The van der Waals surface area contributed by atoms with Crippen LogP contribution in [0.5, 0.6) is 0 Å². The maximum atomic E-state index is 10.4. The molecule has 0 unspecified atom stereocenters. The third kappa shape index (κ3) is 2.69. The number of carboxylic acid groups (broad SMARTS) is 1. The Morgan fingerprint density at radius 3 is 2.36 bits per heavy atom. The summed E-state index contributed by atoms with van der Waals surface area (Å²) in [6, 6.07) is 1.02. The van der Waals surface area contributed by atoms with Crippen LogP contribution in [0.2, 0.25) is 0 Å². The van der Waals surface area contributed by atoms with Gasteiger partial charge < -0.3 is 15.2 Å². The number of nitrogens with zero attached hydrogens (tertiary/aromatic N) is 2. The number of hydrogen-bond acceptors (Lipinski definition) is 5. The molecular weight excluding hydrogens is 182 g/mol. The lowest BCUT2D eigenvalue weighted by molar-refractivity contribution is -0.306. The summed E-state index contributed by atoms with van der Waals surface area (Å²) in [5.74, 6) is -0.855. The van der Waals surface area contributed by atoms with E-state index in [1.165, 1.54) is 6.92 Å². The van der Waals surface area contributed by atoms with Gasteiger partial charge in [-0.2, -0.15) is 0 Å². The smallest absolute Gasteiger partial charge is 0.223 e. The van der Waals surface area contributed by atoms with Crippen molar-refractivity contribution in [1.82, 2.24) is 9.97 Å². The highest BCUT2D eigenvalue weighted by Crippen LogP contribution is 2.04. The fourth-order valence-electron chi connectivity index (χ4n) is 1.04. The van der Waals surface area contributed by atoms with Crippen LogP contribution in [0.15, 0.2) is 6.07 Å². The van der Waals surface area contributed by atoms with E-state index in [9.17, 15) is 9.90 Å². The molecule has 0 aliphatic carbocycles. The molecule has 76 valence electrons. The molecule has 0 spiro atoms. The van der Waals surface area contributed by atoms with Gasteiger partial charge in [0.25, 0.3) is 0 Å². The van der Waals surface area contributed by atoms with E-state index in [1.54, 1.807) is 0 Å². The average molecular weight is 194 g/mol.